The molecule has 0 aromatic rings. The molecule has 1 atom stereocenters. The molecule has 0 aliphatic carbocycles. The molecular formula is C25H47NO4. The zero-order valence-electron chi connectivity index (χ0n) is 19.5. The van der Waals surface area contributed by atoms with Crippen LogP contribution in [0.1, 0.15) is 116 Å². The molecule has 0 bridgehead atoms. The van der Waals surface area contributed by atoms with Gasteiger partial charge in [-0.2, -0.15) is 0 Å². The fourth-order valence-electron chi connectivity index (χ4n) is 3.45. The minimum atomic E-state index is -0.685. The van der Waals surface area contributed by atoms with Gasteiger partial charge in [0.25, 0.3) is 0 Å². The first-order valence-corrected chi connectivity index (χ1v) is 12.2. The van der Waals surface area contributed by atoms with Gasteiger partial charge in [0.15, 0.2) is 5.78 Å². The lowest BCUT2D eigenvalue weighted by Crippen LogP contribution is -2.33. The van der Waals surface area contributed by atoms with Crippen LogP contribution in [0.4, 0.5) is 0 Å². The molecule has 30 heavy (non-hydrogen) atoms. The highest BCUT2D eigenvalue weighted by atomic mass is 16.5. The van der Waals surface area contributed by atoms with Gasteiger partial charge in [-0.1, -0.05) is 96.5 Å². The van der Waals surface area contributed by atoms with Crippen LogP contribution < -0.4 is 5.73 Å². The summed E-state index contributed by atoms with van der Waals surface area (Å²) < 4.78 is 5.09. The van der Waals surface area contributed by atoms with Crippen molar-refractivity contribution in [2.24, 2.45) is 5.73 Å². The van der Waals surface area contributed by atoms with Gasteiger partial charge < -0.3 is 15.6 Å². The van der Waals surface area contributed by atoms with Crippen molar-refractivity contribution in [1.82, 2.24) is 0 Å². The van der Waals surface area contributed by atoms with Crippen LogP contribution in [0.15, 0.2) is 12.2 Å². The van der Waals surface area contributed by atoms with E-state index in [0.717, 1.165) is 25.7 Å². The quantitative estimate of drug-likeness (QED) is 0.133. The van der Waals surface area contributed by atoms with Crippen molar-refractivity contribution in [3.63, 3.8) is 0 Å². The van der Waals surface area contributed by atoms with Crippen LogP contribution in [0.25, 0.3) is 0 Å². The van der Waals surface area contributed by atoms with E-state index < -0.39 is 6.04 Å². The van der Waals surface area contributed by atoms with Crippen molar-refractivity contribution < 1.29 is 19.4 Å². The van der Waals surface area contributed by atoms with Gasteiger partial charge in [-0.15, -0.1) is 0 Å². The van der Waals surface area contributed by atoms with Crippen LogP contribution in [0.2, 0.25) is 0 Å². The minimum Gasteiger partial charge on any atom is -0.462 e. The number of aliphatic hydroxyl groups excluding tert-OH is 1. The summed E-state index contributed by atoms with van der Waals surface area (Å²) in [7, 11) is 0. The topological polar surface area (TPSA) is 89.6 Å². The fourth-order valence-corrected chi connectivity index (χ4v) is 3.45. The zero-order chi connectivity index (χ0) is 22.5. The fraction of sp³-hybridized carbons (Fsp3) is 0.840. The number of hydrogen-bond donors (Lipinski definition) is 2. The molecule has 5 nitrogen and oxygen atoms in total. The van der Waals surface area contributed by atoms with Crippen molar-refractivity contribution in [1.29, 1.82) is 0 Å². The summed E-state index contributed by atoms with van der Waals surface area (Å²) in [5.41, 5.74) is 5.97. The van der Waals surface area contributed by atoms with E-state index in [1.54, 1.807) is 6.92 Å². The Bertz CT molecular complexity index is 450. The highest BCUT2D eigenvalue weighted by molar-refractivity contribution is 5.86. The molecule has 0 spiro atoms. The van der Waals surface area contributed by atoms with Crippen LogP contribution in [-0.2, 0) is 14.3 Å². The molecule has 0 aromatic heterocycles. The van der Waals surface area contributed by atoms with Gasteiger partial charge in [0.2, 0.25) is 0 Å². The van der Waals surface area contributed by atoms with E-state index in [1.165, 1.54) is 77.0 Å². The standard InChI is InChI=1S/C25H47NO4/c1-22(2)25(29)30-20-18-16-14-12-10-8-6-4-3-5-7-9-11-13-15-17-19-24(28)23(26)21-27/h23,27H,1,3-21,26H2,2H3/t23-/m0/s1. The Kier molecular flexibility index (Phi) is 20.2. The van der Waals surface area contributed by atoms with E-state index in [-0.39, 0.29) is 18.4 Å². The van der Waals surface area contributed by atoms with Crippen LogP contribution >= 0.6 is 0 Å². The van der Waals surface area contributed by atoms with E-state index in [4.69, 9.17) is 15.6 Å². The number of unbranched alkanes of at least 4 members (excludes halogenated alkanes) is 15. The first kappa shape index (κ1) is 28.8. The lowest BCUT2D eigenvalue weighted by Gasteiger charge is -2.06. The van der Waals surface area contributed by atoms with Gasteiger partial charge in [0.1, 0.15) is 0 Å². The number of esters is 1. The molecule has 5 heteroatoms. The summed E-state index contributed by atoms with van der Waals surface area (Å²) in [6.07, 6.45) is 20.2. The van der Waals surface area contributed by atoms with Crippen LogP contribution in [-0.4, -0.2) is 36.1 Å². The number of Topliss-reactive ketones (excluding diaryl/α,β-unsaturated/α-hetero) is 1. The number of ketones is 1. The Hall–Kier alpha value is -1.20. The monoisotopic (exact) mass is 425 g/mol. The second-order valence-corrected chi connectivity index (χ2v) is 8.58. The maximum Gasteiger partial charge on any atom is 0.333 e. The lowest BCUT2D eigenvalue weighted by atomic mass is 10.0. The Labute approximate surface area is 184 Å². The molecule has 0 amide bonds. The smallest absolute Gasteiger partial charge is 0.333 e. The van der Waals surface area contributed by atoms with Crippen molar-refractivity contribution >= 4 is 11.8 Å². The number of hydrogen-bond acceptors (Lipinski definition) is 5. The predicted octanol–water partition coefficient (Wildman–Crippen LogP) is 5.63. The Balaban J connectivity index is 3.15. The average molecular weight is 426 g/mol. The van der Waals surface area contributed by atoms with E-state index in [2.05, 4.69) is 6.58 Å². The van der Waals surface area contributed by atoms with Crippen molar-refractivity contribution in [2.75, 3.05) is 13.2 Å². The van der Waals surface area contributed by atoms with Gasteiger partial charge in [0, 0.05) is 12.0 Å². The molecule has 0 fully saturated rings. The summed E-state index contributed by atoms with van der Waals surface area (Å²) in [6, 6.07) is -0.685. The SMILES string of the molecule is C=C(C)C(=O)OCCCCCCCCCCCCCCCCCCC(=O)[C@@H](N)CO. The highest BCUT2D eigenvalue weighted by Gasteiger charge is 2.10. The summed E-state index contributed by atoms with van der Waals surface area (Å²) >= 11 is 0. The van der Waals surface area contributed by atoms with Crippen LogP contribution in [0.5, 0.6) is 0 Å². The van der Waals surface area contributed by atoms with Gasteiger partial charge in [-0.3, -0.25) is 4.79 Å². The largest absolute Gasteiger partial charge is 0.462 e. The number of carbonyl (C=O) groups excluding carboxylic acids is 2. The number of rotatable bonds is 22. The summed E-state index contributed by atoms with van der Waals surface area (Å²) in [5.74, 6) is -0.289. The molecule has 0 rings (SSSR count). The number of ether oxygens (including phenoxy) is 1. The molecule has 0 aliphatic rings. The summed E-state index contributed by atoms with van der Waals surface area (Å²) in [6.45, 7) is 5.53. The van der Waals surface area contributed by atoms with Crippen LogP contribution in [0.3, 0.4) is 0 Å². The minimum absolute atomic E-state index is 0.0147. The molecule has 0 radical (unpaired) electrons. The summed E-state index contributed by atoms with van der Waals surface area (Å²) in [4.78, 5) is 22.7. The Morgan fingerprint density at radius 3 is 1.50 bits per heavy atom. The third-order valence-corrected chi connectivity index (χ3v) is 5.51. The molecule has 0 aliphatic heterocycles. The highest BCUT2D eigenvalue weighted by Crippen LogP contribution is 2.14. The number of carbonyl (C=O) groups is 2. The second kappa shape index (κ2) is 21.0. The molecular weight excluding hydrogens is 378 g/mol. The third kappa shape index (κ3) is 18.8. The summed E-state index contributed by atoms with van der Waals surface area (Å²) in [5, 5.41) is 8.82. The molecule has 0 aromatic carbocycles. The van der Waals surface area contributed by atoms with E-state index in [1.807, 2.05) is 0 Å². The molecule has 3 N–H and O–H groups in total. The first-order chi connectivity index (χ1) is 14.5. The Morgan fingerprint density at radius 1 is 0.767 bits per heavy atom. The van der Waals surface area contributed by atoms with E-state index >= 15 is 0 Å². The molecule has 0 unspecified atom stereocenters. The normalized spacial score (nSPS) is 12.0. The number of aliphatic hydroxyl groups is 1. The predicted molar refractivity (Wildman–Crippen MR) is 124 cm³/mol. The van der Waals surface area contributed by atoms with Crippen molar-refractivity contribution in [2.45, 2.75) is 122 Å². The Morgan fingerprint density at radius 2 is 1.13 bits per heavy atom. The second-order valence-electron chi connectivity index (χ2n) is 8.58. The van der Waals surface area contributed by atoms with Crippen molar-refractivity contribution in [3.05, 3.63) is 12.2 Å². The molecule has 176 valence electrons. The zero-order valence-corrected chi connectivity index (χ0v) is 19.5. The molecule has 0 saturated carbocycles. The molecule has 0 saturated heterocycles. The molecule has 0 heterocycles. The maximum atomic E-state index is 11.5. The van der Waals surface area contributed by atoms with Gasteiger partial charge >= 0.3 is 5.97 Å². The van der Waals surface area contributed by atoms with E-state index in [9.17, 15) is 9.59 Å². The first-order valence-electron chi connectivity index (χ1n) is 12.2. The number of nitrogens with two attached hydrogens (primary N) is 1. The van der Waals surface area contributed by atoms with Crippen molar-refractivity contribution in [3.8, 4) is 0 Å². The third-order valence-electron chi connectivity index (χ3n) is 5.51. The maximum absolute atomic E-state index is 11.5. The van der Waals surface area contributed by atoms with E-state index in [0.29, 0.717) is 18.6 Å². The van der Waals surface area contributed by atoms with Gasteiger partial charge in [0.05, 0.1) is 19.3 Å². The lowest BCUT2D eigenvalue weighted by molar-refractivity contribution is -0.139. The van der Waals surface area contributed by atoms with Crippen LogP contribution in [0, 0.1) is 0 Å². The van der Waals surface area contributed by atoms with Gasteiger partial charge in [-0.25, -0.2) is 4.79 Å². The van der Waals surface area contributed by atoms with Gasteiger partial charge in [-0.05, 0) is 19.8 Å². The average Bonchev–Trinajstić information content (AvgIpc) is 2.74.